The Labute approximate surface area is 118 Å². The minimum absolute atomic E-state index is 0.128. The molecule has 1 amide bonds. The second-order valence-electron chi connectivity index (χ2n) is 4.18. The molecule has 0 aliphatic carbocycles. The van der Waals surface area contributed by atoms with Gasteiger partial charge in [0.2, 0.25) is 4.96 Å². The maximum absolute atomic E-state index is 11.8. The molecule has 7 nitrogen and oxygen atoms in total. The zero-order chi connectivity index (χ0) is 13.9. The highest BCUT2D eigenvalue weighted by atomic mass is 32.1. The molecule has 0 aliphatic rings. The first-order chi connectivity index (χ1) is 9.74. The molecule has 0 aliphatic heterocycles. The summed E-state index contributed by atoms with van der Waals surface area (Å²) in [5, 5.41) is 16.1. The van der Waals surface area contributed by atoms with E-state index in [9.17, 15) is 4.79 Å². The Morgan fingerprint density at radius 3 is 3.10 bits per heavy atom. The number of hydrogen-bond acceptors (Lipinski definition) is 6. The van der Waals surface area contributed by atoms with E-state index in [2.05, 4.69) is 25.6 Å². The molecule has 3 aromatic rings. The SMILES string of the molecule is Cc1nnc2sc(CCNC(=O)c3cccnc3)nn12. The largest absolute Gasteiger partial charge is 0.352 e. The van der Waals surface area contributed by atoms with Gasteiger partial charge in [0.1, 0.15) is 5.01 Å². The van der Waals surface area contributed by atoms with Crippen molar-refractivity contribution in [1.82, 2.24) is 30.1 Å². The molecule has 0 atom stereocenters. The summed E-state index contributed by atoms with van der Waals surface area (Å²) in [7, 11) is 0. The number of amides is 1. The molecule has 0 bridgehead atoms. The number of nitrogens with one attached hydrogen (secondary N) is 1. The number of aromatic nitrogens is 5. The van der Waals surface area contributed by atoms with Crippen LogP contribution >= 0.6 is 11.3 Å². The van der Waals surface area contributed by atoms with Crippen LogP contribution < -0.4 is 5.32 Å². The summed E-state index contributed by atoms with van der Waals surface area (Å²) in [6.07, 6.45) is 3.85. The van der Waals surface area contributed by atoms with Crippen LogP contribution in [0.4, 0.5) is 0 Å². The number of carbonyl (C=O) groups is 1. The van der Waals surface area contributed by atoms with E-state index in [4.69, 9.17) is 0 Å². The van der Waals surface area contributed by atoms with E-state index in [-0.39, 0.29) is 5.91 Å². The predicted molar refractivity (Wildman–Crippen MR) is 73.7 cm³/mol. The monoisotopic (exact) mass is 288 g/mol. The van der Waals surface area contributed by atoms with Gasteiger partial charge in [-0.1, -0.05) is 11.3 Å². The summed E-state index contributed by atoms with van der Waals surface area (Å²) in [5.41, 5.74) is 0.557. The summed E-state index contributed by atoms with van der Waals surface area (Å²) < 4.78 is 1.71. The van der Waals surface area contributed by atoms with Gasteiger partial charge in [-0.15, -0.1) is 10.2 Å². The van der Waals surface area contributed by atoms with Crippen LogP contribution in [0.25, 0.3) is 4.96 Å². The van der Waals surface area contributed by atoms with Gasteiger partial charge in [-0.2, -0.15) is 9.61 Å². The number of hydrogen-bond donors (Lipinski definition) is 1. The van der Waals surface area contributed by atoms with Gasteiger partial charge < -0.3 is 5.32 Å². The van der Waals surface area contributed by atoms with E-state index in [0.717, 1.165) is 15.8 Å². The van der Waals surface area contributed by atoms with E-state index in [1.165, 1.54) is 11.3 Å². The number of rotatable bonds is 4. The highest BCUT2D eigenvalue weighted by Crippen LogP contribution is 2.13. The second kappa shape index (κ2) is 5.33. The molecule has 3 heterocycles. The first-order valence-electron chi connectivity index (χ1n) is 6.10. The number of fused-ring (bicyclic) bond motifs is 1. The molecule has 0 saturated carbocycles. The van der Waals surface area contributed by atoms with Gasteiger partial charge in [-0.3, -0.25) is 9.78 Å². The lowest BCUT2D eigenvalue weighted by atomic mass is 10.2. The van der Waals surface area contributed by atoms with Crippen molar-refractivity contribution in [1.29, 1.82) is 0 Å². The van der Waals surface area contributed by atoms with Crippen molar-refractivity contribution in [2.75, 3.05) is 6.54 Å². The van der Waals surface area contributed by atoms with E-state index >= 15 is 0 Å². The van der Waals surface area contributed by atoms with E-state index < -0.39 is 0 Å². The van der Waals surface area contributed by atoms with Gasteiger partial charge in [0.25, 0.3) is 5.91 Å². The molecule has 1 N–H and O–H groups in total. The molecular weight excluding hydrogens is 276 g/mol. The van der Waals surface area contributed by atoms with E-state index in [1.54, 1.807) is 29.0 Å². The van der Waals surface area contributed by atoms with Gasteiger partial charge in [0, 0.05) is 25.4 Å². The summed E-state index contributed by atoms with van der Waals surface area (Å²) in [6, 6.07) is 3.47. The molecule has 0 saturated heterocycles. The van der Waals surface area contributed by atoms with Crippen molar-refractivity contribution in [2.24, 2.45) is 0 Å². The Hall–Kier alpha value is -2.35. The zero-order valence-corrected chi connectivity index (χ0v) is 11.6. The summed E-state index contributed by atoms with van der Waals surface area (Å²) >= 11 is 1.48. The minimum Gasteiger partial charge on any atom is -0.352 e. The first kappa shape index (κ1) is 12.7. The quantitative estimate of drug-likeness (QED) is 0.769. The molecule has 0 spiro atoms. The van der Waals surface area contributed by atoms with Crippen LogP contribution in [0.3, 0.4) is 0 Å². The van der Waals surface area contributed by atoms with Crippen LogP contribution in [0, 0.1) is 6.92 Å². The van der Waals surface area contributed by atoms with Gasteiger partial charge in [-0.25, -0.2) is 0 Å². The molecular formula is C12H12N6OS. The fourth-order valence-electron chi connectivity index (χ4n) is 1.74. The highest BCUT2D eigenvalue weighted by molar-refractivity contribution is 7.16. The van der Waals surface area contributed by atoms with Gasteiger partial charge in [0.05, 0.1) is 5.56 Å². The van der Waals surface area contributed by atoms with Crippen molar-refractivity contribution < 1.29 is 4.79 Å². The van der Waals surface area contributed by atoms with Crippen LogP contribution in [0.1, 0.15) is 21.2 Å². The molecule has 0 radical (unpaired) electrons. The Morgan fingerprint density at radius 2 is 2.35 bits per heavy atom. The standard InChI is InChI=1S/C12H12N6OS/c1-8-15-16-12-18(8)17-10(20-12)4-6-14-11(19)9-3-2-5-13-7-9/h2-3,5,7H,4,6H2,1H3,(H,14,19). The molecule has 0 unspecified atom stereocenters. The van der Waals surface area contributed by atoms with Crippen molar-refractivity contribution in [2.45, 2.75) is 13.3 Å². The topological polar surface area (TPSA) is 85.1 Å². The minimum atomic E-state index is -0.128. The molecule has 3 aromatic heterocycles. The van der Waals surface area contributed by atoms with Crippen molar-refractivity contribution in [3.05, 3.63) is 40.9 Å². The van der Waals surface area contributed by atoms with Gasteiger partial charge >= 0.3 is 0 Å². The highest BCUT2D eigenvalue weighted by Gasteiger charge is 2.09. The first-order valence-corrected chi connectivity index (χ1v) is 6.91. The molecule has 102 valence electrons. The lowest BCUT2D eigenvalue weighted by Crippen LogP contribution is -2.25. The fourth-order valence-corrected chi connectivity index (χ4v) is 2.62. The molecule has 20 heavy (non-hydrogen) atoms. The fraction of sp³-hybridized carbons (Fsp3) is 0.250. The third kappa shape index (κ3) is 2.50. The van der Waals surface area contributed by atoms with E-state index in [1.807, 2.05) is 6.92 Å². The molecule has 0 fully saturated rings. The van der Waals surface area contributed by atoms with Gasteiger partial charge in [0.15, 0.2) is 5.82 Å². The Bertz CT molecular complexity index is 735. The van der Waals surface area contributed by atoms with Crippen molar-refractivity contribution >= 4 is 22.2 Å². The lowest BCUT2D eigenvalue weighted by molar-refractivity contribution is 0.0954. The maximum Gasteiger partial charge on any atom is 0.252 e. The van der Waals surface area contributed by atoms with E-state index in [0.29, 0.717) is 18.5 Å². The Kier molecular flexibility index (Phi) is 3.38. The smallest absolute Gasteiger partial charge is 0.252 e. The van der Waals surface area contributed by atoms with Crippen LogP contribution in [0.15, 0.2) is 24.5 Å². The normalized spacial score (nSPS) is 10.8. The Balaban J connectivity index is 1.58. The van der Waals surface area contributed by atoms with Gasteiger partial charge in [-0.05, 0) is 19.1 Å². The number of carbonyl (C=O) groups excluding carboxylic acids is 1. The summed E-state index contributed by atoms with van der Waals surface area (Å²) in [6.45, 7) is 2.38. The molecule has 8 heteroatoms. The van der Waals surface area contributed by atoms with Crippen molar-refractivity contribution in [3.8, 4) is 0 Å². The van der Waals surface area contributed by atoms with Crippen LogP contribution in [-0.4, -0.2) is 37.2 Å². The third-order valence-electron chi connectivity index (χ3n) is 2.74. The average Bonchev–Trinajstić information content (AvgIpc) is 3.02. The summed E-state index contributed by atoms with van der Waals surface area (Å²) in [4.78, 5) is 16.5. The summed E-state index contributed by atoms with van der Waals surface area (Å²) in [5.74, 6) is 0.638. The maximum atomic E-state index is 11.8. The predicted octanol–water partition coefficient (Wildman–Crippen LogP) is 0.862. The molecule has 0 aromatic carbocycles. The molecule has 3 rings (SSSR count). The lowest BCUT2D eigenvalue weighted by Gasteiger charge is -2.02. The Morgan fingerprint density at radius 1 is 1.45 bits per heavy atom. The zero-order valence-electron chi connectivity index (χ0n) is 10.8. The van der Waals surface area contributed by atoms with Crippen LogP contribution in [0.5, 0.6) is 0 Å². The van der Waals surface area contributed by atoms with Crippen LogP contribution in [0.2, 0.25) is 0 Å². The number of aryl methyl sites for hydroxylation is 1. The number of nitrogens with zero attached hydrogens (tertiary/aromatic N) is 5. The van der Waals surface area contributed by atoms with Crippen molar-refractivity contribution in [3.63, 3.8) is 0 Å². The third-order valence-corrected chi connectivity index (χ3v) is 3.70. The number of pyridine rings is 1. The average molecular weight is 288 g/mol. The second-order valence-corrected chi connectivity index (χ2v) is 5.23. The van der Waals surface area contributed by atoms with Crippen LogP contribution in [-0.2, 0) is 6.42 Å².